The average Bonchev–Trinajstić information content (AvgIpc) is 2.38. The Labute approximate surface area is 120 Å². The van der Waals surface area contributed by atoms with Gasteiger partial charge >= 0.3 is 11.9 Å². The van der Waals surface area contributed by atoms with Gasteiger partial charge in [-0.3, -0.25) is 9.59 Å². The molecule has 5 nitrogen and oxygen atoms in total. The summed E-state index contributed by atoms with van der Waals surface area (Å²) < 4.78 is 9.76. The van der Waals surface area contributed by atoms with Gasteiger partial charge in [0, 0.05) is 19.0 Å². The Hall–Kier alpha value is -0.810. The van der Waals surface area contributed by atoms with Crippen LogP contribution in [0, 0.1) is 0 Å². The van der Waals surface area contributed by atoms with Crippen LogP contribution in [0.2, 0.25) is 0 Å². The van der Waals surface area contributed by atoms with Crippen molar-refractivity contribution >= 4 is 23.5 Å². The minimum atomic E-state index is -0.213. The zero-order valence-corrected chi connectivity index (χ0v) is 12.6. The van der Waals surface area contributed by atoms with Crippen molar-refractivity contribution < 1.29 is 19.1 Å². The Balaban J connectivity index is 4.00. The molecule has 6 heteroatoms. The second kappa shape index (κ2) is 12.2. The van der Waals surface area contributed by atoms with Crippen LogP contribution in [0.5, 0.6) is 0 Å². The molecule has 0 spiro atoms. The number of nitrogens with zero attached hydrogens (tertiary/aromatic N) is 1. The molecule has 0 amide bonds. The first-order valence-corrected chi connectivity index (χ1v) is 7.27. The minimum absolute atomic E-state index is 0.213. The summed E-state index contributed by atoms with van der Waals surface area (Å²) >= 11 is 5.66. The van der Waals surface area contributed by atoms with Crippen LogP contribution in [-0.2, 0) is 19.1 Å². The van der Waals surface area contributed by atoms with Crippen LogP contribution in [-0.4, -0.2) is 55.6 Å². The lowest BCUT2D eigenvalue weighted by atomic mass is 10.3. The van der Waals surface area contributed by atoms with E-state index in [0.29, 0.717) is 45.0 Å². The highest BCUT2D eigenvalue weighted by Gasteiger charge is 2.11. The fourth-order valence-corrected chi connectivity index (χ4v) is 1.70. The maximum Gasteiger partial charge on any atom is 0.307 e. The van der Waals surface area contributed by atoms with Crippen molar-refractivity contribution in [2.75, 3.05) is 38.7 Å². The van der Waals surface area contributed by atoms with Crippen LogP contribution >= 0.6 is 11.6 Å². The molecule has 0 N–H and O–H groups in total. The second-order valence-corrected chi connectivity index (χ2v) is 4.37. The van der Waals surface area contributed by atoms with Gasteiger partial charge in [-0.05, 0) is 26.8 Å². The third kappa shape index (κ3) is 10.8. The lowest BCUT2D eigenvalue weighted by Gasteiger charge is -2.20. The Morgan fingerprint density at radius 3 is 1.79 bits per heavy atom. The molecule has 0 aliphatic rings. The lowest BCUT2D eigenvalue weighted by Crippen LogP contribution is -2.30. The molecule has 19 heavy (non-hydrogen) atoms. The van der Waals surface area contributed by atoms with Crippen molar-refractivity contribution in [3.8, 4) is 0 Å². The predicted octanol–water partition coefficient (Wildman–Crippen LogP) is 1.82. The van der Waals surface area contributed by atoms with Gasteiger partial charge in [-0.15, -0.1) is 11.6 Å². The maximum absolute atomic E-state index is 11.3. The highest BCUT2D eigenvalue weighted by Crippen LogP contribution is 2.00. The largest absolute Gasteiger partial charge is 0.466 e. The van der Waals surface area contributed by atoms with Crippen molar-refractivity contribution in [1.29, 1.82) is 0 Å². The summed E-state index contributed by atoms with van der Waals surface area (Å²) in [7, 11) is 0. The summed E-state index contributed by atoms with van der Waals surface area (Å²) in [4.78, 5) is 24.6. The van der Waals surface area contributed by atoms with E-state index in [1.807, 2.05) is 4.90 Å². The number of hydrogen-bond donors (Lipinski definition) is 0. The first kappa shape index (κ1) is 18.2. The Bertz CT molecular complexity index is 239. The molecular formula is C13H24ClNO4. The van der Waals surface area contributed by atoms with Gasteiger partial charge < -0.3 is 14.4 Å². The van der Waals surface area contributed by atoms with Gasteiger partial charge in [0.25, 0.3) is 0 Å². The molecule has 0 aliphatic carbocycles. The van der Waals surface area contributed by atoms with Gasteiger partial charge in [0.1, 0.15) is 0 Å². The predicted molar refractivity (Wildman–Crippen MR) is 74.3 cm³/mol. The smallest absolute Gasteiger partial charge is 0.307 e. The summed E-state index contributed by atoms with van der Waals surface area (Å²) in [6.07, 6.45) is 1.49. The van der Waals surface area contributed by atoms with E-state index in [2.05, 4.69) is 0 Å². The van der Waals surface area contributed by atoms with E-state index in [4.69, 9.17) is 21.1 Å². The van der Waals surface area contributed by atoms with E-state index >= 15 is 0 Å². The molecule has 0 fully saturated rings. The number of carbonyl (C=O) groups is 2. The molecule has 0 aromatic carbocycles. The molecule has 0 saturated heterocycles. The fraction of sp³-hybridized carbons (Fsp3) is 0.846. The number of rotatable bonds is 11. The first-order valence-electron chi connectivity index (χ1n) is 6.73. The van der Waals surface area contributed by atoms with Gasteiger partial charge in [-0.2, -0.15) is 0 Å². The van der Waals surface area contributed by atoms with E-state index in [9.17, 15) is 9.59 Å². The number of ether oxygens (including phenoxy) is 2. The van der Waals surface area contributed by atoms with E-state index < -0.39 is 0 Å². The third-order valence-electron chi connectivity index (χ3n) is 2.48. The van der Waals surface area contributed by atoms with Crippen LogP contribution in [0.15, 0.2) is 0 Å². The Morgan fingerprint density at radius 1 is 0.947 bits per heavy atom. The topological polar surface area (TPSA) is 55.8 Å². The molecule has 0 aliphatic heterocycles. The number of alkyl halides is 1. The number of carbonyl (C=O) groups excluding carboxylic acids is 2. The molecule has 112 valence electrons. The molecule has 0 saturated carbocycles. The average molecular weight is 294 g/mol. The van der Waals surface area contributed by atoms with Crippen molar-refractivity contribution in [3.63, 3.8) is 0 Å². The summed E-state index contributed by atoms with van der Waals surface area (Å²) in [5.74, 6) is 0.138. The number of halogens is 1. The number of esters is 2. The molecule has 0 atom stereocenters. The highest BCUT2D eigenvalue weighted by atomic mass is 35.5. The lowest BCUT2D eigenvalue weighted by molar-refractivity contribution is -0.143. The van der Waals surface area contributed by atoms with Gasteiger partial charge in [-0.25, -0.2) is 0 Å². The van der Waals surface area contributed by atoms with Crippen molar-refractivity contribution in [2.45, 2.75) is 33.1 Å². The minimum Gasteiger partial charge on any atom is -0.466 e. The Morgan fingerprint density at radius 2 is 1.42 bits per heavy atom. The summed E-state index contributed by atoms with van der Waals surface area (Å²) in [5, 5.41) is 0. The van der Waals surface area contributed by atoms with Crippen molar-refractivity contribution in [3.05, 3.63) is 0 Å². The van der Waals surface area contributed by atoms with Crippen molar-refractivity contribution in [1.82, 2.24) is 4.90 Å². The summed E-state index contributed by atoms with van der Waals surface area (Å²) in [6.45, 7) is 6.27. The maximum atomic E-state index is 11.3. The molecule has 0 rings (SSSR count). The summed E-state index contributed by atoms with van der Waals surface area (Å²) in [5.41, 5.74) is 0. The summed E-state index contributed by atoms with van der Waals surface area (Å²) in [6, 6.07) is 0. The molecule has 0 heterocycles. The third-order valence-corrected chi connectivity index (χ3v) is 2.75. The standard InChI is InChI=1S/C13H24ClNO4/c1-3-18-12(16)6-10-15(9-5-8-14)11-7-13(17)19-4-2/h3-11H2,1-2H3. The zero-order valence-electron chi connectivity index (χ0n) is 11.8. The second-order valence-electron chi connectivity index (χ2n) is 3.99. The molecule has 0 unspecified atom stereocenters. The monoisotopic (exact) mass is 293 g/mol. The van der Waals surface area contributed by atoms with Gasteiger partial charge in [0.05, 0.1) is 26.1 Å². The van der Waals surface area contributed by atoms with Gasteiger partial charge in [0.15, 0.2) is 0 Å². The fourth-order valence-electron chi connectivity index (χ4n) is 1.58. The van der Waals surface area contributed by atoms with E-state index in [1.165, 1.54) is 0 Å². The van der Waals surface area contributed by atoms with Crippen molar-refractivity contribution in [2.24, 2.45) is 0 Å². The molecule has 0 aromatic rings. The van der Waals surface area contributed by atoms with Gasteiger partial charge in [0.2, 0.25) is 0 Å². The van der Waals surface area contributed by atoms with E-state index in [1.54, 1.807) is 13.8 Å². The quantitative estimate of drug-likeness (QED) is 0.430. The van der Waals surface area contributed by atoms with Crippen LogP contribution in [0.25, 0.3) is 0 Å². The molecule has 0 aromatic heterocycles. The molecule has 0 bridgehead atoms. The zero-order chi connectivity index (χ0) is 14.5. The Kier molecular flexibility index (Phi) is 11.7. The first-order chi connectivity index (χ1) is 9.13. The molecular weight excluding hydrogens is 270 g/mol. The highest BCUT2D eigenvalue weighted by molar-refractivity contribution is 6.17. The van der Waals surface area contributed by atoms with Gasteiger partial charge in [-0.1, -0.05) is 0 Å². The van der Waals surface area contributed by atoms with E-state index in [-0.39, 0.29) is 11.9 Å². The molecule has 0 radical (unpaired) electrons. The van der Waals surface area contributed by atoms with E-state index in [0.717, 1.165) is 13.0 Å². The van der Waals surface area contributed by atoms with Crippen LogP contribution < -0.4 is 0 Å². The number of hydrogen-bond acceptors (Lipinski definition) is 5. The van der Waals surface area contributed by atoms with Crippen LogP contribution in [0.4, 0.5) is 0 Å². The SMILES string of the molecule is CCOC(=O)CCN(CCCCl)CCC(=O)OCC. The normalized spacial score (nSPS) is 10.5. The van der Waals surface area contributed by atoms with Crippen LogP contribution in [0.1, 0.15) is 33.1 Å². The van der Waals surface area contributed by atoms with Crippen LogP contribution in [0.3, 0.4) is 0 Å².